The zero-order valence-electron chi connectivity index (χ0n) is 11.3. The SMILES string of the molecule is CC(C)CC(CN)CC(=O)CCC1CCCO1. The number of ether oxygens (including phenoxy) is 1. The summed E-state index contributed by atoms with van der Waals surface area (Å²) in [6, 6.07) is 0. The molecule has 3 heteroatoms. The Morgan fingerprint density at radius 2 is 2.24 bits per heavy atom. The summed E-state index contributed by atoms with van der Waals surface area (Å²) in [5.74, 6) is 1.35. The van der Waals surface area contributed by atoms with Crippen molar-refractivity contribution in [3.8, 4) is 0 Å². The summed E-state index contributed by atoms with van der Waals surface area (Å²) in [4.78, 5) is 11.8. The minimum atomic E-state index is 0.334. The van der Waals surface area contributed by atoms with Crippen LogP contribution in [0.5, 0.6) is 0 Å². The first-order chi connectivity index (χ1) is 8.11. The first kappa shape index (κ1) is 14.7. The van der Waals surface area contributed by atoms with E-state index in [0.717, 1.165) is 32.3 Å². The van der Waals surface area contributed by atoms with Crippen LogP contribution in [-0.4, -0.2) is 25.0 Å². The fourth-order valence-electron chi connectivity index (χ4n) is 2.55. The summed E-state index contributed by atoms with van der Waals surface area (Å²) in [6.45, 7) is 5.86. The van der Waals surface area contributed by atoms with Crippen molar-refractivity contribution in [1.82, 2.24) is 0 Å². The van der Waals surface area contributed by atoms with Crippen LogP contribution in [0.4, 0.5) is 0 Å². The molecule has 1 aliphatic heterocycles. The number of rotatable bonds is 8. The predicted molar refractivity (Wildman–Crippen MR) is 69.8 cm³/mol. The van der Waals surface area contributed by atoms with Crippen LogP contribution in [0.3, 0.4) is 0 Å². The van der Waals surface area contributed by atoms with Gasteiger partial charge in [-0.2, -0.15) is 0 Å². The summed E-state index contributed by atoms with van der Waals surface area (Å²) < 4.78 is 5.52. The molecule has 0 spiro atoms. The lowest BCUT2D eigenvalue weighted by Crippen LogP contribution is -2.20. The molecule has 0 amide bonds. The van der Waals surface area contributed by atoms with Gasteiger partial charge in [-0.15, -0.1) is 0 Å². The molecule has 0 aliphatic carbocycles. The van der Waals surface area contributed by atoms with Crippen LogP contribution >= 0.6 is 0 Å². The van der Waals surface area contributed by atoms with Crippen LogP contribution in [0, 0.1) is 11.8 Å². The molecule has 1 saturated heterocycles. The maximum Gasteiger partial charge on any atom is 0.133 e. The summed E-state index contributed by atoms with van der Waals surface area (Å²) >= 11 is 0. The van der Waals surface area contributed by atoms with E-state index < -0.39 is 0 Å². The monoisotopic (exact) mass is 241 g/mol. The van der Waals surface area contributed by atoms with Gasteiger partial charge in [0.05, 0.1) is 6.10 Å². The van der Waals surface area contributed by atoms with Gasteiger partial charge in [-0.3, -0.25) is 4.79 Å². The maximum atomic E-state index is 11.8. The second-order valence-electron chi connectivity index (χ2n) is 5.65. The normalized spacial score (nSPS) is 22.0. The minimum Gasteiger partial charge on any atom is -0.378 e. The van der Waals surface area contributed by atoms with Gasteiger partial charge in [0.1, 0.15) is 5.78 Å². The topological polar surface area (TPSA) is 52.3 Å². The van der Waals surface area contributed by atoms with E-state index in [4.69, 9.17) is 10.5 Å². The highest BCUT2D eigenvalue weighted by Crippen LogP contribution is 2.19. The van der Waals surface area contributed by atoms with Gasteiger partial charge >= 0.3 is 0 Å². The Hall–Kier alpha value is -0.410. The Labute approximate surface area is 105 Å². The van der Waals surface area contributed by atoms with E-state index in [-0.39, 0.29) is 0 Å². The second kappa shape index (κ2) is 7.83. The zero-order valence-corrected chi connectivity index (χ0v) is 11.3. The third-order valence-electron chi connectivity index (χ3n) is 3.42. The molecule has 1 rings (SSSR count). The standard InChI is InChI=1S/C14H27NO2/c1-11(2)8-12(10-15)9-13(16)5-6-14-4-3-7-17-14/h11-12,14H,3-10,15H2,1-2H3. The quantitative estimate of drug-likeness (QED) is 0.710. The Morgan fingerprint density at radius 1 is 1.47 bits per heavy atom. The molecule has 2 unspecified atom stereocenters. The number of carbonyl (C=O) groups excluding carboxylic acids is 1. The van der Waals surface area contributed by atoms with Crippen molar-refractivity contribution in [1.29, 1.82) is 0 Å². The van der Waals surface area contributed by atoms with Gasteiger partial charge in [-0.25, -0.2) is 0 Å². The van der Waals surface area contributed by atoms with Crippen LogP contribution in [0.15, 0.2) is 0 Å². The van der Waals surface area contributed by atoms with Crippen molar-refractivity contribution in [2.75, 3.05) is 13.2 Å². The molecule has 2 N–H and O–H groups in total. The molecular weight excluding hydrogens is 214 g/mol. The molecule has 0 saturated carbocycles. The van der Waals surface area contributed by atoms with E-state index in [1.807, 2.05) is 0 Å². The van der Waals surface area contributed by atoms with Crippen LogP contribution in [-0.2, 0) is 9.53 Å². The highest BCUT2D eigenvalue weighted by atomic mass is 16.5. The van der Waals surface area contributed by atoms with Crippen LogP contribution in [0.25, 0.3) is 0 Å². The van der Waals surface area contributed by atoms with E-state index in [0.29, 0.717) is 43.1 Å². The molecule has 0 radical (unpaired) electrons. The van der Waals surface area contributed by atoms with Gasteiger partial charge in [0.25, 0.3) is 0 Å². The van der Waals surface area contributed by atoms with Crippen molar-refractivity contribution < 1.29 is 9.53 Å². The Kier molecular flexibility index (Phi) is 6.75. The molecular formula is C14H27NO2. The zero-order chi connectivity index (χ0) is 12.7. The van der Waals surface area contributed by atoms with Gasteiger partial charge in [0.2, 0.25) is 0 Å². The number of hydrogen-bond donors (Lipinski definition) is 1. The van der Waals surface area contributed by atoms with E-state index in [1.165, 1.54) is 0 Å². The first-order valence-electron chi connectivity index (χ1n) is 6.95. The average molecular weight is 241 g/mol. The average Bonchev–Trinajstić information content (AvgIpc) is 2.77. The van der Waals surface area contributed by atoms with Crippen LogP contribution in [0.2, 0.25) is 0 Å². The number of carbonyl (C=O) groups is 1. The number of Topliss-reactive ketones (excluding diaryl/α,β-unsaturated/α-hetero) is 1. The maximum absolute atomic E-state index is 11.8. The van der Waals surface area contributed by atoms with E-state index in [2.05, 4.69) is 13.8 Å². The van der Waals surface area contributed by atoms with Gasteiger partial charge in [0, 0.05) is 19.4 Å². The lowest BCUT2D eigenvalue weighted by molar-refractivity contribution is -0.120. The number of nitrogens with two attached hydrogens (primary N) is 1. The lowest BCUT2D eigenvalue weighted by atomic mass is 9.91. The number of hydrogen-bond acceptors (Lipinski definition) is 3. The van der Waals surface area contributed by atoms with E-state index in [9.17, 15) is 4.79 Å². The summed E-state index contributed by atoms with van der Waals surface area (Å²) in [6.07, 6.45) is 5.89. The largest absolute Gasteiger partial charge is 0.378 e. The highest BCUT2D eigenvalue weighted by molar-refractivity contribution is 5.78. The fourth-order valence-corrected chi connectivity index (χ4v) is 2.55. The van der Waals surface area contributed by atoms with Gasteiger partial charge in [0.15, 0.2) is 0 Å². The smallest absolute Gasteiger partial charge is 0.133 e. The van der Waals surface area contributed by atoms with E-state index >= 15 is 0 Å². The third-order valence-corrected chi connectivity index (χ3v) is 3.42. The van der Waals surface area contributed by atoms with Crippen molar-refractivity contribution >= 4 is 5.78 Å². The predicted octanol–water partition coefficient (Wildman–Crippen LogP) is 2.53. The third kappa shape index (κ3) is 6.18. The molecule has 0 aromatic rings. The van der Waals surface area contributed by atoms with Crippen molar-refractivity contribution in [2.45, 2.75) is 58.5 Å². The van der Waals surface area contributed by atoms with Crippen LogP contribution in [0.1, 0.15) is 52.4 Å². The summed E-state index contributed by atoms with van der Waals surface area (Å²) in [5, 5.41) is 0. The van der Waals surface area contributed by atoms with Gasteiger partial charge in [-0.1, -0.05) is 13.8 Å². The first-order valence-corrected chi connectivity index (χ1v) is 6.95. The molecule has 17 heavy (non-hydrogen) atoms. The summed E-state index contributed by atoms with van der Waals surface area (Å²) in [5.41, 5.74) is 5.71. The molecule has 100 valence electrons. The van der Waals surface area contributed by atoms with Gasteiger partial charge in [-0.05, 0) is 44.1 Å². The molecule has 1 aliphatic rings. The van der Waals surface area contributed by atoms with Gasteiger partial charge < -0.3 is 10.5 Å². The lowest BCUT2D eigenvalue weighted by Gasteiger charge is -2.16. The van der Waals surface area contributed by atoms with Crippen molar-refractivity contribution in [3.63, 3.8) is 0 Å². The Morgan fingerprint density at radius 3 is 2.76 bits per heavy atom. The fraction of sp³-hybridized carbons (Fsp3) is 0.929. The minimum absolute atomic E-state index is 0.334. The second-order valence-corrected chi connectivity index (χ2v) is 5.65. The molecule has 2 atom stereocenters. The Balaban J connectivity index is 2.17. The molecule has 1 heterocycles. The molecule has 0 aromatic heterocycles. The molecule has 1 fully saturated rings. The molecule has 0 bridgehead atoms. The summed E-state index contributed by atoms with van der Waals surface area (Å²) in [7, 11) is 0. The molecule has 0 aromatic carbocycles. The Bertz CT molecular complexity index is 222. The number of ketones is 1. The van der Waals surface area contributed by atoms with Crippen molar-refractivity contribution in [2.24, 2.45) is 17.6 Å². The van der Waals surface area contributed by atoms with Crippen LogP contribution < -0.4 is 5.73 Å². The highest BCUT2D eigenvalue weighted by Gasteiger charge is 2.18. The van der Waals surface area contributed by atoms with E-state index in [1.54, 1.807) is 0 Å². The van der Waals surface area contributed by atoms with Crippen molar-refractivity contribution in [3.05, 3.63) is 0 Å². The molecule has 3 nitrogen and oxygen atoms in total.